The zero-order valence-electron chi connectivity index (χ0n) is 22.8. The maximum atomic E-state index is 12.5. The summed E-state index contributed by atoms with van der Waals surface area (Å²) in [7, 11) is 0. The smallest absolute Gasteiger partial charge is 0.480 e. The van der Waals surface area contributed by atoms with Crippen molar-refractivity contribution in [2.45, 2.75) is 85.8 Å². The van der Waals surface area contributed by atoms with Crippen molar-refractivity contribution in [2.24, 2.45) is 23.5 Å². The summed E-state index contributed by atoms with van der Waals surface area (Å²) in [4.78, 5) is 48.6. The first-order valence-corrected chi connectivity index (χ1v) is 12.6. The van der Waals surface area contributed by atoms with E-state index in [0.29, 0.717) is 12.0 Å². The van der Waals surface area contributed by atoms with Crippen LogP contribution < -0.4 is 15.2 Å². The number of rotatable bonds is 14. The van der Waals surface area contributed by atoms with E-state index in [2.05, 4.69) is 0 Å². The molecular formula is C27H41NO9. The summed E-state index contributed by atoms with van der Waals surface area (Å²) in [5.74, 6) is -3.62. The van der Waals surface area contributed by atoms with Gasteiger partial charge < -0.3 is 29.8 Å². The van der Waals surface area contributed by atoms with Gasteiger partial charge in [0.15, 0.2) is 11.5 Å². The standard InChI is InChI=1S/C27H41NO9/c1-8-11-34-27(33)35-18(7)17(6)24(25(28)26(31)32)19-9-10-20(36-22(29)12-15(2)3)21(14-19)37-23(30)13-16(4)5/h9-10,14-18,24-25H,8,11-13,28H2,1-7H3,(H,31,32)/t17?,18?,24?,25-/m0/s1. The number of benzene rings is 1. The number of carboxylic acids is 1. The summed E-state index contributed by atoms with van der Waals surface area (Å²) in [5, 5.41) is 9.70. The first-order valence-electron chi connectivity index (χ1n) is 12.6. The average Bonchev–Trinajstić information content (AvgIpc) is 2.77. The molecule has 10 nitrogen and oxygen atoms in total. The third kappa shape index (κ3) is 10.8. The van der Waals surface area contributed by atoms with Crippen LogP contribution in [0.5, 0.6) is 11.5 Å². The van der Waals surface area contributed by atoms with Crippen LogP contribution in [0.15, 0.2) is 18.2 Å². The van der Waals surface area contributed by atoms with E-state index in [4.69, 9.17) is 24.7 Å². The third-order valence-corrected chi connectivity index (χ3v) is 5.64. The molecule has 0 saturated heterocycles. The lowest BCUT2D eigenvalue weighted by Crippen LogP contribution is -2.42. The van der Waals surface area contributed by atoms with Crippen LogP contribution >= 0.6 is 0 Å². The van der Waals surface area contributed by atoms with E-state index in [0.717, 1.165) is 0 Å². The number of carbonyl (C=O) groups excluding carboxylic acids is 3. The molecule has 0 aromatic heterocycles. The normalized spacial score (nSPS) is 14.4. The summed E-state index contributed by atoms with van der Waals surface area (Å²) in [6.45, 7) is 12.8. The largest absolute Gasteiger partial charge is 0.508 e. The molecule has 0 aliphatic heterocycles. The highest BCUT2D eigenvalue weighted by Crippen LogP contribution is 2.37. The number of carboxylic acid groups (broad SMARTS) is 1. The number of hydrogen-bond acceptors (Lipinski definition) is 9. The van der Waals surface area contributed by atoms with Crippen LogP contribution in [0.2, 0.25) is 0 Å². The van der Waals surface area contributed by atoms with E-state index in [9.17, 15) is 24.3 Å². The van der Waals surface area contributed by atoms with Crippen molar-refractivity contribution < 1.29 is 43.2 Å². The Bertz CT molecular complexity index is 928. The monoisotopic (exact) mass is 523 g/mol. The fraction of sp³-hybridized carbons (Fsp3) is 0.630. The molecule has 0 aliphatic carbocycles. The van der Waals surface area contributed by atoms with Crippen LogP contribution in [0, 0.1) is 17.8 Å². The van der Waals surface area contributed by atoms with Gasteiger partial charge in [-0.15, -0.1) is 0 Å². The second kappa shape index (κ2) is 15.2. The number of esters is 2. The van der Waals surface area contributed by atoms with E-state index >= 15 is 0 Å². The molecule has 1 rings (SSSR count). The number of nitrogens with two attached hydrogens (primary N) is 1. The molecule has 0 amide bonds. The fourth-order valence-corrected chi connectivity index (χ4v) is 3.65. The van der Waals surface area contributed by atoms with E-state index < -0.39 is 48.0 Å². The fourth-order valence-electron chi connectivity index (χ4n) is 3.65. The van der Waals surface area contributed by atoms with Gasteiger partial charge in [0, 0.05) is 24.7 Å². The van der Waals surface area contributed by atoms with Crippen LogP contribution in [0.25, 0.3) is 0 Å². The Morgan fingerprint density at radius 1 is 0.892 bits per heavy atom. The lowest BCUT2D eigenvalue weighted by Gasteiger charge is -2.31. The van der Waals surface area contributed by atoms with Gasteiger partial charge in [-0.05, 0) is 42.9 Å². The van der Waals surface area contributed by atoms with Gasteiger partial charge in [0.1, 0.15) is 12.1 Å². The molecule has 0 spiro atoms. The molecule has 1 aromatic rings. The van der Waals surface area contributed by atoms with Crippen molar-refractivity contribution in [2.75, 3.05) is 6.61 Å². The minimum absolute atomic E-state index is 0.0222. The molecule has 4 atom stereocenters. The van der Waals surface area contributed by atoms with Gasteiger partial charge in [0.05, 0.1) is 6.61 Å². The molecule has 0 fully saturated rings. The van der Waals surface area contributed by atoms with E-state index in [1.165, 1.54) is 12.1 Å². The van der Waals surface area contributed by atoms with Crippen molar-refractivity contribution in [3.63, 3.8) is 0 Å². The first-order chi connectivity index (χ1) is 17.3. The lowest BCUT2D eigenvalue weighted by atomic mass is 9.79. The lowest BCUT2D eigenvalue weighted by molar-refractivity contribution is -0.140. The van der Waals surface area contributed by atoms with Crippen molar-refractivity contribution in [1.29, 1.82) is 0 Å². The van der Waals surface area contributed by atoms with Gasteiger partial charge in [-0.3, -0.25) is 14.4 Å². The van der Waals surface area contributed by atoms with Crippen molar-refractivity contribution >= 4 is 24.1 Å². The number of ether oxygens (including phenoxy) is 4. The molecule has 0 heterocycles. The minimum atomic E-state index is -1.37. The molecule has 0 radical (unpaired) electrons. The Morgan fingerprint density at radius 2 is 1.43 bits per heavy atom. The molecule has 1 aromatic carbocycles. The Labute approximate surface area is 218 Å². The first kappa shape index (κ1) is 31.9. The van der Waals surface area contributed by atoms with Crippen LogP contribution in [0.4, 0.5) is 4.79 Å². The highest BCUT2D eigenvalue weighted by molar-refractivity contribution is 5.77. The van der Waals surface area contributed by atoms with Gasteiger partial charge in [0.25, 0.3) is 0 Å². The van der Waals surface area contributed by atoms with Crippen LogP contribution in [-0.4, -0.2) is 47.9 Å². The Kier molecular flexibility index (Phi) is 13.1. The molecule has 0 aliphatic rings. The quantitative estimate of drug-likeness (QED) is 0.260. The SMILES string of the molecule is CCCOC(=O)OC(C)C(C)C(c1ccc(OC(=O)CC(C)C)c(OC(=O)CC(C)C)c1)[C@H](N)C(=O)O. The number of carbonyl (C=O) groups is 4. The molecule has 0 saturated carbocycles. The molecule has 0 bridgehead atoms. The third-order valence-electron chi connectivity index (χ3n) is 5.64. The zero-order chi connectivity index (χ0) is 28.3. The maximum absolute atomic E-state index is 12.5. The molecule has 37 heavy (non-hydrogen) atoms. The van der Waals surface area contributed by atoms with E-state index in [1.807, 2.05) is 34.6 Å². The predicted molar refractivity (Wildman–Crippen MR) is 136 cm³/mol. The summed E-state index contributed by atoms with van der Waals surface area (Å²) in [6, 6.07) is 3.08. The summed E-state index contributed by atoms with van der Waals surface area (Å²) < 4.78 is 21.3. The van der Waals surface area contributed by atoms with Crippen LogP contribution in [-0.2, 0) is 23.9 Å². The van der Waals surface area contributed by atoms with E-state index in [-0.39, 0.29) is 42.8 Å². The minimum Gasteiger partial charge on any atom is -0.480 e. The molecular weight excluding hydrogens is 482 g/mol. The zero-order valence-corrected chi connectivity index (χ0v) is 22.8. The topological polar surface area (TPSA) is 151 Å². The van der Waals surface area contributed by atoms with Crippen molar-refractivity contribution in [1.82, 2.24) is 0 Å². The van der Waals surface area contributed by atoms with Gasteiger partial charge in [0.2, 0.25) is 0 Å². The molecule has 208 valence electrons. The Balaban J connectivity index is 3.41. The molecule has 3 N–H and O–H groups in total. The number of aliphatic carboxylic acids is 1. The second-order valence-corrected chi connectivity index (χ2v) is 10.0. The highest BCUT2D eigenvalue weighted by Gasteiger charge is 2.36. The van der Waals surface area contributed by atoms with Gasteiger partial charge in [-0.1, -0.05) is 47.6 Å². The molecule has 3 unspecified atom stereocenters. The predicted octanol–water partition coefficient (Wildman–Crippen LogP) is 4.67. The van der Waals surface area contributed by atoms with Gasteiger partial charge in [-0.2, -0.15) is 0 Å². The summed E-state index contributed by atoms with van der Waals surface area (Å²) in [6.07, 6.45) is -0.705. The van der Waals surface area contributed by atoms with Gasteiger partial charge in [-0.25, -0.2) is 4.79 Å². The van der Waals surface area contributed by atoms with Gasteiger partial charge >= 0.3 is 24.1 Å². The van der Waals surface area contributed by atoms with Crippen molar-refractivity contribution in [3.05, 3.63) is 23.8 Å². The summed E-state index contributed by atoms with van der Waals surface area (Å²) in [5.41, 5.74) is 6.48. The average molecular weight is 524 g/mol. The van der Waals surface area contributed by atoms with Crippen molar-refractivity contribution in [3.8, 4) is 11.5 Å². The Morgan fingerprint density at radius 3 is 1.92 bits per heavy atom. The summed E-state index contributed by atoms with van der Waals surface area (Å²) >= 11 is 0. The highest BCUT2D eigenvalue weighted by atomic mass is 16.7. The van der Waals surface area contributed by atoms with E-state index in [1.54, 1.807) is 19.9 Å². The maximum Gasteiger partial charge on any atom is 0.508 e. The van der Waals surface area contributed by atoms with Crippen LogP contribution in [0.3, 0.4) is 0 Å². The van der Waals surface area contributed by atoms with Crippen LogP contribution in [0.1, 0.15) is 79.2 Å². The second-order valence-electron chi connectivity index (χ2n) is 10.0. The number of hydrogen-bond donors (Lipinski definition) is 2. The molecule has 10 heteroatoms. The Hall–Kier alpha value is -3.14.